The number of amides is 1. The van der Waals surface area contributed by atoms with Gasteiger partial charge >= 0.3 is 0 Å². The van der Waals surface area contributed by atoms with E-state index >= 15 is 0 Å². The van der Waals surface area contributed by atoms with Crippen LogP contribution in [0.4, 0.5) is 11.6 Å². The lowest BCUT2D eigenvalue weighted by Gasteiger charge is -2.06. The van der Waals surface area contributed by atoms with Gasteiger partial charge in [-0.25, -0.2) is 0 Å². The number of aryl methyl sites for hydroxylation is 1. The minimum absolute atomic E-state index is 0.0148. The first-order valence-corrected chi connectivity index (χ1v) is 5.87. The number of nitrogens with two attached hydrogens (primary N) is 1. The number of benzene rings is 1. The number of nitrogens with zero attached hydrogens (tertiary/aromatic N) is 1. The molecule has 1 heterocycles. The normalized spacial score (nSPS) is 10.2. The van der Waals surface area contributed by atoms with Crippen molar-refractivity contribution in [2.75, 3.05) is 17.7 Å². The lowest BCUT2D eigenvalue weighted by Crippen LogP contribution is -2.14. The largest absolute Gasteiger partial charge is 0.494 e. The van der Waals surface area contributed by atoms with Crippen LogP contribution < -0.4 is 15.8 Å². The Kier molecular flexibility index (Phi) is 3.70. The molecule has 0 aliphatic rings. The number of aromatic nitrogens is 1. The molecular weight excluding hydrogens is 246 g/mol. The summed E-state index contributed by atoms with van der Waals surface area (Å²) in [6.45, 7) is 4.17. The lowest BCUT2D eigenvalue weighted by molar-refractivity contribution is 0.102. The predicted molar refractivity (Wildman–Crippen MR) is 71.2 cm³/mol. The van der Waals surface area contributed by atoms with E-state index in [1.165, 1.54) is 0 Å². The SMILES string of the molecule is CCOc1ccc(NC(=O)c2c(C)noc2N)cc1. The average Bonchev–Trinajstić information content (AvgIpc) is 2.72. The van der Waals surface area contributed by atoms with Gasteiger partial charge in [-0.1, -0.05) is 5.16 Å². The molecule has 0 atom stereocenters. The molecule has 0 spiro atoms. The second kappa shape index (κ2) is 5.43. The number of carbonyl (C=O) groups is 1. The first-order valence-electron chi connectivity index (χ1n) is 5.87. The highest BCUT2D eigenvalue weighted by atomic mass is 16.5. The van der Waals surface area contributed by atoms with E-state index in [2.05, 4.69) is 10.5 Å². The van der Waals surface area contributed by atoms with Gasteiger partial charge < -0.3 is 20.3 Å². The minimum atomic E-state index is -0.347. The number of hydrogen-bond donors (Lipinski definition) is 2. The van der Waals surface area contributed by atoms with E-state index in [4.69, 9.17) is 15.0 Å². The number of ether oxygens (including phenoxy) is 1. The molecule has 6 heteroatoms. The van der Waals surface area contributed by atoms with Crippen molar-refractivity contribution in [2.24, 2.45) is 0 Å². The maximum absolute atomic E-state index is 12.0. The van der Waals surface area contributed by atoms with Crippen molar-refractivity contribution >= 4 is 17.5 Å². The van der Waals surface area contributed by atoms with Crippen LogP contribution in [0, 0.1) is 6.92 Å². The van der Waals surface area contributed by atoms with Crippen LogP contribution in [0.15, 0.2) is 28.8 Å². The zero-order valence-corrected chi connectivity index (χ0v) is 10.8. The Hall–Kier alpha value is -2.50. The number of carbonyl (C=O) groups excluding carboxylic acids is 1. The molecular formula is C13H15N3O3. The van der Waals surface area contributed by atoms with Gasteiger partial charge in [-0.05, 0) is 38.1 Å². The summed E-state index contributed by atoms with van der Waals surface area (Å²) in [7, 11) is 0. The third kappa shape index (κ3) is 2.85. The topological polar surface area (TPSA) is 90.4 Å². The Labute approximate surface area is 110 Å². The summed E-state index contributed by atoms with van der Waals surface area (Å²) < 4.78 is 10.1. The first kappa shape index (κ1) is 12.9. The molecule has 19 heavy (non-hydrogen) atoms. The molecule has 3 N–H and O–H groups in total. The predicted octanol–water partition coefficient (Wildman–Crippen LogP) is 2.22. The second-order valence-corrected chi connectivity index (χ2v) is 3.92. The van der Waals surface area contributed by atoms with Crippen molar-refractivity contribution in [3.63, 3.8) is 0 Å². The summed E-state index contributed by atoms with van der Waals surface area (Å²) in [6.07, 6.45) is 0. The molecule has 0 unspecified atom stereocenters. The fourth-order valence-corrected chi connectivity index (χ4v) is 1.66. The number of nitrogen functional groups attached to an aromatic ring is 1. The zero-order chi connectivity index (χ0) is 13.8. The Morgan fingerprint density at radius 3 is 2.63 bits per heavy atom. The summed E-state index contributed by atoms with van der Waals surface area (Å²) in [5, 5.41) is 6.36. The molecule has 1 amide bonds. The van der Waals surface area contributed by atoms with Crippen molar-refractivity contribution in [2.45, 2.75) is 13.8 Å². The zero-order valence-electron chi connectivity index (χ0n) is 10.8. The summed E-state index contributed by atoms with van der Waals surface area (Å²) in [4.78, 5) is 12.0. The highest BCUT2D eigenvalue weighted by Crippen LogP contribution is 2.19. The van der Waals surface area contributed by atoms with Crippen LogP contribution in [0.5, 0.6) is 5.75 Å². The van der Waals surface area contributed by atoms with Crippen LogP contribution >= 0.6 is 0 Å². The molecule has 0 aliphatic carbocycles. The van der Waals surface area contributed by atoms with E-state index < -0.39 is 0 Å². The van der Waals surface area contributed by atoms with Crippen molar-refractivity contribution in [1.82, 2.24) is 5.16 Å². The van der Waals surface area contributed by atoms with Crippen LogP contribution in [0.3, 0.4) is 0 Å². The molecule has 0 saturated heterocycles. The number of hydrogen-bond acceptors (Lipinski definition) is 5. The molecule has 0 saturated carbocycles. The average molecular weight is 261 g/mol. The molecule has 1 aromatic carbocycles. The van der Waals surface area contributed by atoms with Crippen molar-refractivity contribution < 1.29 is 14.1 Å². The van der Waals surface area contributed by atoms with Gasteiger partial charge in [0.15, 0.2) is 0 Å². The fourth-order valence-electron chi connectivity index (χ4n) is 1.66. The number of rotatable bonds is 4. The van der Waals surface area contributed by atoms with Gasteiger partial charge in [0.05, 0.1) is 12.3 Å². The van der Waals surface area contributed by atoms with E-state index in [0.29, 0.717) is 18.0 Å². The molecule has 0 aliphatic heterocycles. The Morgan fingerprint density at radius 2 is 2.11 bits per heavy atom. The summed E-state index contributed by atoms with van der Waals surface area (Å²) >= 11 is 0. The third-order valence-corrected chi connectivity index (χ3v) is 2.54. The van der Waals surface area contributed by atoms with E-state index in [1.54, 1.807) is 31.2 Å². The lowest BCUT2D eigenvalue weighted by atomic mass is 10.2. The standard InChI is InChI=1S/C13H15N3O3/c1-3-18-10-6-4-9(5-7-10)15-13(17)11-8(2)16-19-12(11)14/h4-7H,3,14H2,1-2H3,(H,15,17). The smallest absolute Gasteiger partial charge is 0.263 e. The quantitative estimate of drug-likeness (QED) is 0.880. The summed E-state index contributed by atoms with van der Waals surface area (Å²) in [5.74, 6) is 0.419. The monoisotopic (exact) mass is 261 g/mol. The van der Waals surface area contributed by atoms with E-state index in [1.807, 2.05) is 6.92 Å². The van der Waals surface area contributed by atoms with E-state index in [0.717, 1.165) is 5.75 Å². The first-order chi connectivity index (χ1) is 9.11. The fraction of sp³-hybridized carbons (Fsp3) is 0.231. The second-order valence-electron chi connectivity index (χ2n) is 3.92. The van der Waals surface area contributed by atoms with Gasteiger partial charge in [0, 0.05) is 5.69 Å². The van der Waals surface area contributed by atoms with Gasteiger partial charge in [-0.2, -0.15) is 0 Å². The van der Waals surface area contributed by atoms with Crippen LogP contribution in [-0.4, -0.2) is 17.7 Å². The maximum Gasteiger partial charge on any atom is 0.263 e. The molecule has 0 bridgehead atoms. The molecule has 100 valence electrons. The number of anilines is 2. The summed E-state index contributed by atoms with van der Waals surface area (Å²) in [5.41, 5.74) is 6.91. The summed E-state index contributed by atoms with van der Waals surface area (Å²) in [6, 6.07) is 7.07. The highest BCUT2D eigenvalue weighted by Gasteiger charge is 2.18. The van der Waals surface area contributed by atoms with Crippen LogP contribution in [0.1, 0.15) is 23.0 Å². The van der Waals surface area contributed by atoms with Gasteiger partial charge in [-0.15, -0.1) is 0 Å². The molecule has 2 aromatic rings. The van der Waals surface area contributed by atoms with Crippen LogP contribution in [0.25, 0.3) is 0 Å². The van der Waals surface area contributed by atoms with E-state index in [9.17, 15) is 4.79 Å². The van der Waals surface area contributed by atoms with Crippen LogP contribution in [0.2, 0.25) is 0 Å². The molecule has 0 radical (unpaired) electrons. The maximum atomic E-state index is 12.0. The number of nitrogens with one attached hydrogen (secondary N) is 1. The highest BCUT2D eigenvalue weighted by molar-refractivity contribution is 6.07. The van der Waals surface area contributed by atoms with Crippen molar-refractivity contribution in [1.29, 1.82) is 0 Å². The molecule has 0 fully saturated rings. The Bertz CT molecular complexity index is 556. The van der Waals surface area contributed by atoms with Crippen LogP contribution in [-0.2, 0) is 0 Å². The van der Waals surface area contributed by atoms with Gasteiger partial charge in [0.2, 0.25) is 5.88 Å². The molecule has 6 nitrogen and oxygen atoms in total. The molecule has 1 aromatic heterocycles. The minimum Gasteiger partial charge on any atom is -0.494 e. The van der Waals surface area contributed by atoms with Gasteiger partial charge in [-0.3, -0.25) is 4.79 Å². The third-order valence-electron chi connectivity index (χ3n) is 2.54. The molecule has 2 rings (SSSR count). The Morgan fingerprint density at radius 1 is 1.42 bits per heavy atom. The van der Waals surface area contributed by atoms with Gasteiger partial charge in [0.25, 0.3) is 5.91 Å². The van der Waals surface area contributed by atoms with Gasteiger partial charge in [0.1, 0.15) is 11.3 Å². The van der Waals surface area contributed by atoms with Crippen molar-refractivity contribution in [3.8, 4) is 5.75 Å². The van der Waals surface area contributed by atoms with E-state index in [-0.39, 0.29) is 17.4 Å². The van der Waals surface area contributed by atoms with Crippen molar-refractivity contribution in [3.05, 3.63) is 35.5 Å². The Balaban J connectivity index is 2.11.